The quantitative estimate of drug-likeness (QED) is 0.725. The molecule has 0 aliphatic rings. The highest BCUT2D eigenvalue weighted by atomic mass is 32.1. The summed E-state index contributed by atoms with van der Waals surface area (Å²) in [5.41, 5.74) is 2.79. The van der Waals surface area contributed by atoms with Crippen LogP contribution in [0.5, 0.6) is 0 Å². The predicted molar refractivity (Wildman–Crippen MR) is 98.5 cm³/mol. The number of nitrogens with zero attached hydrogens (tertiary/aromatic N) is 3. The fourth-order valence-electron chi connectivity index (χ4n) is 2.23. The van der Waals surface area contributed by atoms with E-state index in [9.17, 15) is 4.79 Å². The first kappa shape index (κ1) is 18.0. The van der Waals surface area contributed by atoms with Crippen molar-refractivity contribution in [2.24, 2.45) is 0 Å². The largest absolute Gasteiger partial charge is 0.383 e. The van der Waals surface area contributed by atoms with E-state index in [0.717, 1.165) is 16.9 Å². The molecule has 0 spiro atoms. The number of hydrogen-bond acceptors (Lipinski definition) is 5. The lowest BCUT2D eigenvalue weighted by molar-refractivity contribution is -0.116. The van der Waals surface area contributed by atoms with Gasteiger partial charge in [0.1, 0.15) is 0 Å². The van der Waals surface area contributed by atoms with E-state index in [2.05, 4.69) is 15.8 Å². The number of thiazole rings is 1. The third-order valence-corrected chi connectivity index (χ3v) is 4.43. The van der Waals surface area contributed by atoms with Gasteiger partial charge >= 0.3 is 0 Å². The summed E-state index contributed by atoms with van der Waals surface area (Å²) in [5, 5.41) is 2.67. The van der Waals surface area contributed by atoms with Crippen molar-refractivity contribution in [3.63, 3.8) is 0 Å². The zero-order valence-electron chi connectivity index (χ0n) is 14.2. The Kier molecular flexibility index (Phi) is 6.36. The van der Waals surface area contributed by atoms with E-state index in [1.807, 2.05) is 36.7 Å². The molecule has 0 bridgehead atoms. The van der Waals surface area contributed by atoms with E-state index in [1.165, 1.54) is 18.3 Å². The highest BCUT2D eigenvalue weighted by molar-refractivity contribution is 7.14. The number of hydrogen-bond donors (Lipinski definition) is 0. The van der Waals surface area contributed by atoms with E-state index < -0.39 is 0 Å². The maximum absolute atomic E-state index is 11.8. The van der Waals surface area contributed by atoms with Gasteiger partial charge in [0.2, 0.25) is 5.91 Å². The first-order valence-corrected chi connectivity index (χ1v) is 8.42. The lowest BCUT2D eigenvalue weighted by atomic mass is 10.2. The predicted octanol–water partition coefficient (Wildman–Crippen LogP) is 2.76. The van der Waals surface area contributed by atoms with Crippen LogP contribution in [0, 0.1) is 12.3 Å². The number of rotatable bonds is 7. The summed E-state index contributed by atoms with van der Waals surface area (Å²) in [6.45, 7) is 3.15. The number of methoxy groups -OCH3 is 1. The molecule has 0 atom stereocenters. The Labute approximate surface area is 146 Å². The minimum absolute atomic E-state index is 0.0389. The van der Waals surface area contributed by atoms with Gasteiger partial charge in [-0.25, -0.2) is 4.98 Å². The van der Waals surface area contributed by atoms with Gasteiger partial charge in [0.15, 0.2) is 5.13 Å². The number of anilines is 2. The van der Waals surface area contributed by atoms with Crippen molar-refractivity contribution >= 4 is 28.1 Å². The van der Waals surface area contributed by atoms with Crippen LogP contribution in [0.25, 0.3) is 0 Å². The Balaban J connectivity index is 2.09. The molecule has 1 aromatic carbocycles. The van der Waals surface area contributed by atoms with Crippen LogP contribution < -0.4 is 9.80 Å². The summed E-state index contributed by atoms with van der Waals surface area (Å²) < 4.78 is 5.05. The molecule has 0 aliphatic heterocycles. The van der Waals surface area contributed by atoms with Crippen LogP contribution in [0.15, 0.2) is 29.6 Å². The normalized spacial score (nSPS) is 10.2. The molecule has 24 heavy (non-hydrogen) atoms. The summed E-state index contributed by atoms with van der Waals surface area (Å²) in [5.74, 6) is 2.60. The second-order valence-corrected chi connectivity index (χ2v) is 6.17. The van der Waals surface area contributed by atoms with Gasteiger partial charge in [-0.3, -0.25) is 9.69 Å². The Morgan fingerprint density at radius 3 is 2.92 bits per heavy atom. The zero-order valence-corrected chi connectivity index (χ0v) is 15.0. The van der Waals surface area contributed by atoms with Crippen molar-refractivity contribution in [3.8, 4) is 12.3 Å². The topological polar surface area (TPSA) is 45.7 Å². The van der Waals surface area contributed by atoms with E-state index in [0.29, 0.717) is 24.8 Å². The maximum Gasteiger partial charge on any atom is 0.225 e. The highest BCUT2D eigenvalue weighted by Gasteiger charge is 2.16. The van der Waals surface area contributed by atoms with Gasteiger partial charge in [-0.15, -0.1) is 17.8 Å². The molecule has 1 aromatic heterocycles. The van der Waals surface area contributed by atoms with Crippen LogP contribution in [0.3, 0.4) is 0 Å². The second kappa shape index (κ2) is 8.48. The molecular formula is C18H21N3O2S. The number of terminal acetylenes is 1. The molecule has 0 saturated carbocycles. The fraction of sp³-hybridized carbons (Fsp3) is 0.333. The molecule has 126 valence electrons. The Bertz CT molecular complexity index is 736. The van der Waals surface area contributed by atoms with Crippen LogP contribution in [0.4, 0.5) is 10.8 Å². The Hall–Kier alpha value is -2.36. The van der Waals surface area contributed by atoms with Gasteiger partial charge in [-0.1, -0.05) is 12.0 Å². The van der Waals surface area contributed by atoms with E-state index in [4.69, 9.17) is 11.2 Å². The monoisotopic (exact) mass is 343 g/mol. The first-order valence-electron chi connectivity index (χ1n) is 7.54. The zero-order chi connectivity index (χ0) is 17.5. The van der Waals surface area contributed by atoms with Crippen molar-refractivity contribution in [2.75, 3.05) is 37.1 Å². The van der Waals surface area contributed by atoms with Crippen molar-refractivity contribution in [3.05, 3.63) is 40.9 Å². The van der Waals surface area contributed by atoms with Crippen LogP contribution in [0.2, 0.25) is 0 Å². The van der Waals surface area contributed by atoms with Crippen molar-refractivity contribution in [1.82, 2.24) is 4.98 Å². The van der Waals surface area contributed by atoms with Gasteiger partial charge in [0.05, 0.1) is 25.4 Å². The van der Waals surface area contributed by atoms with Crippen molar-refractivity contribution in [1.29, 1.82) is 0 Å². The number of carbonyl (C=O) groups excluding carboxylic acids is 1. The van der Waals surface area contributed by atoms with E-state index >= 15 is 0 Å². The summed E-state index contributed by atoms with van der Waals surface area (Å²) in [6.07, 6.45) is 5.45. The molecular weight excluding hydrogens is 322 g/mol. The lowest BCUT2D eigenvalue weighted by Gasteiger charge is -2.19. The third-order valence-electron chi connectivity index (χ3n) is 3.52. The molecule has 0 saturated heterocycles. The van der Waals surface area contributed by atoms with Crippen LogP contribution in [0.1, 0.15) is 18.2 Å². The van der Waals surface area contributed by atoms with Gasteiger partial charge in [-0.2, -0.15) is 0 Å². The third kappa shape index (κ3) is 4.57. The van der Waals surface area contributed by atoms with Gasteiger partial charge in [0, 0.05) is 37.7 Å². The molecule has 0 fully saturated rings. The molecule has 0 N–H and O–H groups in total. The molecule has 0 aliphatic carbocycles. The summed E-state index contributed by atoms with van der Waals surface area (Å²) in [6, 6.07) is 7.82. The number of aromatic nitrogens is 1. The minimum atomic E-state index is -0.0389. The molecule has 2 aromatic rings. The molecule has 0 unspecified atom stereocenters. The number of amides is 1. The van der Waals surface area contributed by atoms with E-state index in [1.54, 1.807) is 12.0 Å². The maximum atomic E-state index is 11.8. The lowest BCUT2D eigenvalue weighted by Crippen LogP contribution is -2.31. The SMILES string of the molecule is C#Cc1cccc(N(C)Cc2csc(N(CCOC)C(C)=O)n2)c1. The average Bonchev–Trinajstić information content (AvgIpc) is 3.03. The minimum Gasteiger partial charge on any atom is -0.383 e. The van der Waals surface area contributed by atoms with E-state index in [-0.39, 0.29) is 5.91 Å². The summed E-state index contributed by atoms with van der Waals surface area (Å²) in [7, 11) is 3.60. The molecule has 0 radical (unpaired) electrons. The average molecular weight is 343 g/mol. The standard InChI is InChI=1S/C18H21N3O2S/c1-5-15-7-6-8-17(11-15)20(3)12-16-13-24-18(19-16)21(14(2)22)9-10-23-4/h1,6-8,11,13H,9-10,12H2,2-4H3. The Morgan fingerprint density at radius 1 is 1.46 bits per heavy atom. The smallest absolute Gasteiger partial charge is 0.225 e. The van der Waals surface area contributed by atoms with Crippen LogP contribution in [-0.2, 0) is 16.1 Å². The van der Waals surface area contributed by atoms with Gasteiger partial charge in [0.25, 0.3) is 0 Å². The fourth-order valence-corrected chi connectivity index (χ4v) is 3.12. The van der Waals surface area contributed by atoms with Crippen molar-refractivity contribution < 1.29 is 9.53 Å². The number of benzene rings is 1. The molecule has 6 heteroatoms. The van der Waals surface area contributed by atoms with Gasteiger partial charge < -0.3 is 9.64 Å². The molecule has 5 nitrogen and oxygen atoms in total. The number of carbonyl (C=O) groups is 1. The highest BCUT2D eigenvalue weighted by Crippen LogP contribution is 2.23. The van der Waals surface area contributed by atoms with Crippen LogP contribution >= 0.6 is 11.3 Å². The first-order chi connectivity index (χ1) is 11.5. The number of ether oxygens (including phenoxy) is 1. The van der Waals surface area contributed by atoms with Gasteiger partial charge in [-0.05, 0) is 18.2 Å². The summed E-state index contributed by atoms with van der Waals surface area (Å²) >= 11 is 1.46. The van der Waals surface area contributed by atoms with Crippen molar-refractivity contribution in [2.45, 2.75) is 13.5 Å². The second-order valence-electron chi connectivity index (χ2n) is 5.34. The molecule has 1 amide bonds. The molecule has 2 rings (SSSR count). The van der Waals surface area contributed by atoms with Crippen LogP contribution in [-0.4, -0.2) is 38.2 Å². The summed E-state index contributed by atoms with van der Waals surface area (Å²) in [4.78, 5) is 20.1. The Morgan fingerprint density at radius 2 is 2.25 bits per heavy atom. The molecule has 1 heterocycles.